The van der Waals surface area contributed by atoms with Gasteiger partial charge in [-0.2, -0.15) is 5.10 Å². The molecule has 2 heterocycles. The van der Waals surface area contributed by atoms with Gasteiger partial charge in [0.05, 0.1) is 11.9 Å². The summed E-state index contributed by atoms with van der Waals surface area (Å²) in [5.74, 6) is -0.466. The molecule has 1 saturated heterocycles. The van der Waals surface area contributed by atoms with E-state index in [0.29, 0.717) is 12.6 Å². The maximum Gasteiger partial charge on any atom is 0.275 e. The molecule has 0 aliphatic carbocycles. The summed E-state index contributed by atoms with van der Waals surface area (Å²) in [5, 5.41) is 20.2. The first kappa shape index (κ1) is 16.3. The van der Waals surface area contributed by atoms with Crippen LogP contribution in [0.25, 0.3) is 5.69 Å². The third kappa shape index (κ3) is 3.58. The number of hydrogen-bond donors (Lipinski definition) is 3. The van der Waals surface area contributed by atoms with E-state index in [4.69, 9.17) is 0 Å². The number of nitrogens with zero attached hydrogens (tertiary/aromatic N) is 2. The lowest BCUT2D eigenvalue weighted by Crippen LogP contribution is -2.37. The van der Waals surface area contributed by atoms with E-state index < -0.39 is 0 Å². The van der Waals surface area contributed by atoms with Crippen molar-refractivity contribution < 1.29 is 9.90 Å². The number of carbonyl (C=O) groups is 1. The molecule has 1 aliphatic heterocycles. The minimum atomic E-state index is -0.351. The Morgan fingerprint density at radius 2 is 2.18 bits per heavy atom. The Bertz CT molecular complexity index is 624. The lowest BCUT2D eigenvalue weighted by molar-refractivity contribution is 0.0942. The highest BCUT2D eigenvalue weighted by Gasteiger charge is 2.19. The van der Waals surface area contributed by atoms with Crippen LogP contribution in [0.2, 0.25) is 0 Å². The third-order valence-electron chi connectivity index (χ3n) is 3.60. The van der Waals surface area contributed by atoms with Gasteiger partial charge in [-0.05, 0) is 31.5 Å². The zero-order valence-corrected chi connectivity index (χ0v) is 12.8. The number of carbonyl (C=O) groups excluding carboxylic acids is 1. The molecule has 118 valence electrons. The van der Waals surface area contributed by atoms with Crippen molar-refractivity contribution in [3.8, 4) is 11.4 Å². The average molecular weight is 323 g/mol. The number of hydrogen-bond acceptors (Lipinski definition) is 4. The van der Waals surface area contributed by atoms with E-state index in [1.54, 1.807) is 0 Å². The summed E-state index contributed by atoms with van der Waals surface area (Å²) in [6.07, 6.45) is 3.64. The van der Waals surface area contributed by atoms with Crippen LogP contribution in [0.15, 0.2) is 36.5 Å². The van der Waals surface area contributed by atoms with Crippen molar-refractivity contribution in [2.75, 3.05) is 13.1 Å². The second kappa shape index (κ2) is 7.29. The fourth-order valence-corrected chi connectivity index (χ4v) is 2.47. The second-order valence-electron chi connectivity index (χ2n) is 5.15. The Balaban J connectivity index is 0.00000176. The van der Waals surface area contributed by atoms with E-state index in [-0.39, 0.29) is 29.8 Å². The van der Waals surface area contributed by atoms with Crippen LogP contribution in [0.3, 0.4) is 0 Å². The van der Waals surface area contributed by atoms with Crippen molar-refractivity contribution in [2.45, 2.75) is 18.9 Å². The predicted molar refractivity (Wildman–Crippen MR) is 85.8 cm³/mol. The van der Waals surface area contributed by atoms with Crippen molar-refractivity contribution in [1.82, 2.24) is 20.4 Å². The maximum atomic E-state index is 12.1. The fraction of sp³-hybridized carbons (Fsp3) is 0.333. The predicted octanol–water partition coefficient (Wildman–Crippen LogP) is 1.48. The highest BCUT2D eigenvalue weighted by molar-refractivity contribution is 5.94. The van der Waals surface area contributed by atoms with E-state index in [0.717, 1.165) is 25.1 Å². The first-order valence-corrected chi connectivity index (χ1v) is 7.09. The summed E-state index contributed by atoms with van der Waals surface area (Å²) in [6.45, 7) is 1.55. The molecule has 3 N–H and O–H groups in total. The van der Waals surface area contributed by atoms with Crippen LogP contribution >= 0.6 is 12.4 Å². The number of para-hydroxylation sites is 1. The SMILES string of the molecule is Cl.O=C(NCC1CCCN1)c1nn(-c2ccccc2)cc1O. The zero-order chi connectivity index (χ0) is 14.7. The Morgan fingerprint density at radius 3 is 2.86 bits per heavy atom. The molecule has 1 unspecified atom stereocenters. The summed E-state index contributed by atoms with van der Waals surface area (Å²) in [5.41, 5.74) is 0.848. The Morgan fingerprint density at radius 1 is 1.41 bits per heavy atom. The standard InChI is InChI=1S/C15H18N4O2.ClH/c20-13-10-19(12-6-2-1-3-7-12)18-14(13)15(21)17-9-11-5-4-8-16-11;/h1-3,6-7,10-11,16,20H,4-5,8-9H2,(H,17,21);1H. The van der Waals surface area contributed by atoms with Crippen LogP contribution in [0, 0.1) is 0 Å². The van der Waals surface area contributed by atoms with Gasteiger partial charge in [0.2, 0.25) is 0 Å². The minimum absolute atomic E-state index is 0. The average Bonchev–Trinajstić information content (AvgIpc) is 3.15. The van der Waals surface area contributed by atoms with Gasteiger partial charge < -0.3 is 15.7 Å². The summed E-state index contributed by atoms with van der Waals surface area (Å²) < 4.78 is 1.50. The monoisotopic (exact) mass is 322 g/mol. The highest BCUT2D eigenvalue weighted by atomic mass is 35.5. The molecule has 0 saturated carbocycles. The molecule has 1 aromatic carbocycles. The molecule has 1 atom stereocenters. The van der Waals surface area contributed by atoms with E-state index >= 15 is 0 Å². The number of aromatic hydroxyl groups is 1. The molecule has 1 amide bonds. The Hall–Kier alpha value is -2.05. The highest BCUT2D eigenvalue weighted by Crippen LogP contribution is 2.18. The first-order valence-electron chi connectivity index (χ1n) is 7.09. The van der Waals surface area contributed by atoms with Crippen molar-refractivity contribution in [3.05, 3.63) is 42.2 Å². The summed E-state index contributed by atoms with van der Waals surface area (Å²) in [6, 6.07) is 9.67. The van der Waals surface area contributed by atoms with Gasteiger partial charge in [0.1, 0.15) is 0 Å². The van der Waals surface area contributed by atoms with E-state index in [1.165, 1.54) is 10.9 Å². The topological polar surface area (TPSA) is 79.2 Å². The smallest absolute Gasteiger partial charge is 0.275 e. The molecule has 22 heavy (non-hydrogen) atoms. The van der Waals surface area contributed by atoms with E-state index in [2.05, 4.69) is 15.7 Å². The molecular weight excluding hydrogens is 304 g/mol. The van der Waals surface area contributed by atoms with Crippen molar-refractivity contribution >= 4 is 18.3 Å². The molecule has 1 aromatic heterocycles. The van der Waals surface area contributed by atoms with Crippen LogP contribution in [0.5, 0.6) is 5.75 Å². The molecule has 0 radical (unpaired) electrons. The molecule has 1 aliphatic rings. The second-order valence-corrected chi connectivity index (χ2v) is 5.15. The summed E-state index contributed by atoms with van der Waals surface area (Å²) >= 11 is 0. The van der Waals surface area contributed by atoms with Gasteiger partial charge in [-0.3, -0.25) is 4.79 Å². The summed E-state index contributed by atoms with van der Waals surface area (Å²) in [4.78, 5) is 12.1. The van der Waals surface area contributed by atoms with Gasteiger partial charge in [-0.25, -0.2) is 4.68 Å². The first-order chi connectivity index (χ1) is 10.2. The van der Waals surface area contributed by atoms with Gasteiger partial charge in [0, 0.05) is 12.6 Å². The molecule has 0 spiro atoms. The Labute approximate surface area is 134 Å². The molecule has 1 fully saturated rings. The van der Waals surface area contributed by atoms with Gasteiger partial charge in [0.15, 0.2) is 11.4 Å². The number of nitrogens with one attached hydrogen (secondary N) is 2. The molecule has 2 aromatic rings. The maximum absolute atomic E-state index is 12.1. The van der Waals surface area contributed by atoms with Gasteiger partial charge in [-0.1, -0.05) is 18.2 Å². The normalized spacial score (nSPS) is 17.0. The van der Waals surface area contributed by atoms with Gasteiger partial charge in [-0.15, -0.1) is 12.4 Å². The molecule has 6 nitrogen and oxygen atoms in total. The van der Waals surface area contributed by atoms with E-state index in [1.807, 2.05) is 30.3 Å². The van der Waals surface area contributed by atoms with Gasteiger partial charge in [0.25, 0.3) is 5.91 Å². The van der Waals surface area contributed by atoms with Crippen LogP contribution < -0.4 is 10.6 Å². The number of aromatic nitrogens is 2. The molecule has 7 heteroatoms. The Kier molecular flexibility index (Phi) is 5.41. The van der Waals surface area contributed by atoms with Crippen LogP contribution in [-0.4, -0.2) is 39.9 Å². The lowest BCUT2D eigenvalue weighted by Gasteiger charge is -2.10. The zero-order valence-electron chi connectivity index (χ0n) is 12.0. The fourth-order valence-electron chi connectivity index (χ4n) is 2.47. The summed E-state index contributed by atoms with van der Waals surface area (Å²) in [7, 11) is 0. The number of halogens is 1. The van der Waals surface area contributed by atoms with E-state index in [9.17, 15) is 9.90 Å². The van der Waals surface area contributed by atoms with Crippen molar-refractivity contribution in [2.24, 2.45) is 0 Å². The largest absolute Gasteiger partial charge is 0.504 e. The van der Waals surface area contributed by atoms with Crippen LogP contribution in [0.4, 0.5) is 0 Å². The third-order valence-corrected chi connectivity index (χ3v) is 3.60. The van der Waals surface area contributed by atoms with Crippen LogP contribution in [-0.2, 0) is 0 Å². The molecular formula is C15H19ClN4O2. The molecule has 0 bridgehead atoms. The van der Waals surface area contributed by atoms with Crippen molar-refractivity contribution in [1.29, 1.82) is 0 Å². The molecule has 3 rings (SSSR count). The quantitative estimate of drug-likeness (QED) is 0.796. The van der Waals surface area contributed by atoms with Crippen LogP contribution in [0.1, 0.15) is 23.3 Å². The number of amides is 1. The lowest BCUT2D eigenvalue weighted by atomic mass is 10.2. The minimum Gasteiger partial charge on any atom is -0.504 e. The number of rotatable bonds is 4. The van der Waals surface area contributed by atoms with Crippen molar-refractivity contribution in [3.63, 3.8) is 0 Å². The van der Waals surface area contributed by atoms with Gasteiger partial charge >= 0.3 is 0 Å². The number of benzene rings is 1.